The van der Waals surface area contributed by atoms with Crippen LogP contribution in [0.4, 0.5) is 0 Å². The van der Waals surface area contributed by atoms with Gasteiger partial charge in [0.25, 0.3) is 0 Å². The van der Waals surface area contributed by atoms with Gasteiger partial charge in [-0.05, 0) is 61.4 Å². The third-order valence-corrected chi connectivity index (χ3v) is 8.23. The molecule has 3 atom stereocenters. The first-order chi connectivity index (χ1) is 19.1. The highest BCUT2D eigenvalue weighted by atomic mass is 16.2. The Bertz CT molecular complexity index is 1630. The number of aromatic nitrogens is 6. The molecule has 4 heterocycles. The van der Waals surface area contributed by atoms with Crippen LogP contribution in [0.5, 0.6) is 0 Å². The molecule has 1 aromatic carbocycles. The molecule has 0 spiro atoms. The molecule has 6 rings (SSSR count). The Labute approximate surface area is 231 Å². The van der Waals surface area contributed by atoms with Crippen molar-refractivity contribution >= 4 is 28.5 Å². The van der Waals surface area contributed by atoms with Gasteiger partial charge in [0.2, 0.25) is 11.8 Å². The van der Waals surface area contributed by atoms with Crippen molar-refractivity contribution in [3.05, 3.63) is 59.6 Å². The Morgan fingerprint density at radius 3 is 2.60 bits per heavy atom. The van der Waals surface area contributed by atoms with Gasteiger partial charge >= 0.3 is 0 Å². The fourth-order valence-corrected chi connectivity index (χ4v) is 6.04. The molecule has 11 nitrogen and oxygen atoms in total. The number of nitrogens with zero attached hydrogens (tertiary/aromatic N) is 6. The quantitative estimate of drug-likeness (QED) is 0.328. The normalized spacial score (nSPS) is 21.4. The smallest absolute Gasteiger partial charge is 0.245 e. The highest BCUT2D eigenvalue weighted by molar-refractivity contribution is 6.07. The number of fused-ring (bicyclic) bond motifs is 2. The van der Waals surface area contributed by atoms with Crippen molar-refractivity contribution in [2.45, 2.75) is 65.6 Å². The second-order valence-electron chi connectivity index (χ2n) is 11.3. The van der Waals surface area contributed by atoms with E-state index in [1.165, 1.54) is 6.92 Å². The zero-order valence-corrected chi connectivity index (χ0v) is 23.1. The molecule has 11 heteroatoms. The van der Waals surface area contributed by atoms with Gasteiger partial charge in [-0.2, -0.15) is 10.2 Å². The molecule has 1 saturated heterocycles. The van der Waals surface area contributed by atoms with E-state index in [0.29, 0.717) is 36.3 Å². The van der Waals surface area contributed by atoms with Crippen molar-refractivity contribution in [2.75, 3.05) is 6.54 Å². The molecule has 2 N–H and O–H groups in total. The summed E-state index contributed by atoms with van der Waals surface area (Å²) in [7, 11) is 0. The van der Waals surface area contributed by atoms with Crippen molar-refractivity contribution < 1.29 is 14.4 Å². The zero-order chi connectivity index (χ0) is 28.2. The number of carbonyl (C=O) groups excluding carboxylic acids is 3. The summed E-state index contributed by atoms with van der Waals surface area (Å²) < 4.78 is 1.61. The molecule has 0 radical (unpaired) electrons. The van der Waals surface area contributed by atoms with E-state index in [0.717, 1.165) is 34.3 Å². The van der Waals surface area contributed by atoms with Crippen molar-refractivity contribution in [2.24, 2.45) is 5.41 Å². The topological polar surface area (TPSA) is 139 Å². The summed E-state index contributed by atoms with van der Waals surface area (Å²) in [5.74, 6) is 0.176. The fraction of sp³-hybridized carbons (Fsp3) is 0.414. The average Bonchev–Trinajstić information content (AvgIpc) is 3.30. The van der Waals surface area contributed by atoms with E-state index in [9.17, 15) is 14.4 Å². The zero-order valence-electron chi connectivity index (χ0n) is 23.1. The van der Waals surface area contributed by atoms with Gasteiger partial charge in [0.1, 0.15) is 24.1 Å². The van der Waals surface area contributed by atoms with Crippen LogP contribution < -0.4 is 5.32 Å². The molecule has 0 bridgehead atoms. The molecule has 1 aliphatic carbocycles. The first-order valence-corrected chi connectivity index (χ1v) is 13.5. The number of nitrogens with one attached hydrogen (secondary N) is 2. The van der Waals surface area contributed by atoms with Crippen molar-refractivity contribution in [3.8, 4) is 11.1 Å². The second-order valence-corrected chi connectivity index (χ2v) is 11.3. The lowest BCUT2D eigenvalue weighted by molar-refractivity contribution is -0.140. The van der Waals surface area contributed by atoms with Crippen LogP contribution in [-0.4, -0.2) is 71.1 Å². The Hall–Kier alpha value is -4.41. The molecule has 2 aliphatic rings. The monoisotopic (exact) mass is 540 g/mol. The third kappa shape index (κ3) is 4.55. The van der Waals surface area contributed by atoms with Gasteiger partial charge in [-0.3, -0.25) is 24.2 Å². The van der Waals surface area contributed by atoms with Gasteiger partial charge in [-0.25, -0.2) is 9.97 Å². The standard InChI is InChI=1S/C29H32N8O3/c1-16-9-19(20-13-31-18(3)32-14-20)10-22-26(17(2)38)35-36(27(16)22)15-25(39)37-23(11-29(4)12-24(29)37)28(40)30-7-5-21-6-8-33-34-21/h6,8-10,13-14,23-24H,5,7,11-12,15H2,1-4H3,(H,30,40)(H,33,34)/t23-,24+,29-/m0/s1. The van der Waals surface area contributed by atoms with Gasteiger partial charge in [0, 0.05) is 55.5 Å². The fourth-order valence-electron chi connectivity index (χ4n) is 6.04. The summed E-state index contributed by atoms with van der Waals surface area (Å²) in [6, 6.07) is 5.28. The summed E-state index contributed by atoms with van der Waals surface area (Å²) in [4.78, 5) is 49.9. The molecule has 3 aromatic heterocycles. The van der Waals surface area contributed by atoms with E-state index in [2.05, 4.69) is 37.5 Å². The number of carbonyl (C=O) groups is 3. The molecular formula is C29H32N8O3. The summed E-state index contributed by atoms with van der Waals surface area (Å²) in [5.41, 5.74) is 4.45. The summed E-state index contributed by atoms with van der Waals surface area (Å²) >= 11 is 0. The maximum atomic E-state index is 13.8. The van der Waals surface area contributed by atoms with Gasteiger partial charge in [-0.15, -0.1) is 0 Å². The highest BCUT2D eigenvalue weighted by Gasteiger charge is 2.64. The summed E-state index contributed by atoms with van der Waals surface area (Å²) in [6.45, 7) is 7.77. The predicted octanol–water partition coefficient (Wildman–Crippen LogP) is 2.77. The van der Waals surface area contributed by atoms with Gasteiger partial charge in [-0.1, -0.05) is 6.92 Å². The lowest BCUT2D eigenvalue weighted by Gasteiger charge is -2.27. The molecule has 2 amide bonds. The number of H-pyrrole nitrogens is 1. The van der Waals surface area contributed by atoms with Gasteiger partial charge in [0.15, 0.2) is 5.78 Å². The van der Waals surface area contributed by atoms with Gasteiger partial charge < -0.3 is 10.2 Å². The molecular weight excluding hydrogens is 508 g/mol. The number of hydrogen-bond donors (Lipinski definition) is 2. The average molecular weight is 541 g/mol. The summed E-state index contributed by atoms with van der Waals surface area (Å²) in [6.07, 6.45) is 7.39. The Balaban J connectivity index is 1.26. The number of likely N-dealkylation sites (tertiary alicyclic amines) is 1. The number of ketones is 1. The number of rotatable bonds is 8. The van der Waals surface area contributed by atoms with Crippen LogP contribution in [0, 0.1) is 19.3 Å². The highest BCUT2D eigenvalue weighted by Crippen LogP contribution is 2.59. The summed E-state index contributed by atoms with van der Waals surface area (Å²) in [5, 5.41) is 15.2. The third-order valence-electron chi connectivity index (χ3n) is 8.23. The molecule has 2 fully saturated rings. The van der Waals surface area contributed by atoms with Gasteiger partial charge in [0.05, 0.1) is 11.2 Å². The van der Waals surface area contributed by atoms with E-state index in [-0.39, 0.29) is 35.6 Å². The lowest BCUT2D eigenvalue weighted by Crippen LogP contribution is -2.49. The minimum Gasteiger partial charge on any atom is -0.354 e. The number of amides is 2. The maximum Gasteiger partial charge on any atom is 0.245 e. The number of benzene rings is 1. The molecule has 1 saturated carbocycles. The molecule has 206 valence electrons. The Kier molecular flexibility index (Phi) is 6.24. The maximum absolute atomic E-state index is 13.8. The lowest BCUT2D eigenvalue weighted by atomic mass is 10.0. The van der Waals surface area contributed by atoms with Crippen LogP contribution >= 0.6 is 0 Å². The number of aromatic amines is 1. The second kappa shape index (κ2) is 9.65. The van der Waals surface area contributed by atoms with E-state index in [1.807, 2.05) is 32.0 Å². The van der Waals surface area contributed by atoms with Crippen molar-refractivity contribution in [3.63, 3.8) is 0 Å². The first-order valence-electron chi connectivity index (χ1n) is 13.5. The number of aryl methyl sites for hydroxylation is 2. The van der Waals surface area contributed by atoms with E-state index < -0.39 is 6.04 Å². The largest absolute Gasteiger partial charge is 0.354 e. The number of hydrogen-bond acceptors (Lipinski definition) is 7. The van der Waals surface area contributed by atoms with Crippen LogP contribution in [0.2, 0.25) is 0 Å². The van der Waals surface area contributed by atoms with Crippen LogP contribution in [0.3, 0.4) is 0 Å². The minimum absolute atomic E-state index is 0.0328. The van der Waals surface area contributed by atoms with Crippen molar-refractivity contribution in [1.29, 1.82) is 0 Å². The first kappa shape index (κ1) is 25.8. The SMILES string of the molecule is CC(=O)c1nn(CC(=O)N2[C@H](C(=O)NCCc3cc[nH]n3)C[C@@]3(C)C[C@@H]23)c2c(C)cc(-c3cnc(C)nc3)cc12. The number of piperidine rings is 1. The predicted molar refractivity (Wildman–Crippen MR) is 147 cm³/mol. The molecule has 40 heavy (non-hydrogen) atoms. The van der Waals surface area contributed by atoms with Crippen LogP contribution in [-0.2, 0) is 22.6 Å². The van der Waals surface area contributed by atoms with Crippen LogP contribution in [0.25, 0.3) is 22.0 Å². The number of Topliss-reactive ketones (excluding diaryl/α,β-unsaturated/α-hetero) is 1. The van der Waals surface area contributed by atoms with E-state index in [4.69, 9.17) is 0 Å². The van der Waals surface area contributed by atoms with Crippen LogP contribution in [0.15, 0.2) is 36.8 Å². The molecule has 4 aromatic rings. The van der Waals surface area contributed by atoms with E-state index >= 15 is 0 Å². The van der Waals surface area contributed by atoms with Crippen LogP contribution in [0.1, 0.15) is 54.3 Å². The van der Waals surface area contributed by atoms with E-state index in [1.54, 1.807) is 28.2 Å². The Morgan fingerprint density at radius 2 is 1.90 bits per heavy atom. The van der Waals surface area contributed by atoms with Crippen molar-refractivity contribution in [1.82, 2.24) is 40.2 Å². The molecule has 0 unspecified atom stereocenters. The Morgan fingerprint density at radius 1 is 1.12 bits per heavy atom. The minimum atomic E-state index is -0.529. The molecule has 1 aliphatic heterocycles.